The molecule has 0 aliphatic carbocycles. The van der Waals surface area contributed by atoms with Crippen LogP contribution in [0.15, 0.2) is 62.8 Å². The summed E-state index contributed by atoms with van der Waals surface area (Å²) in [7, 11) is -3.53. The largest absolute Gasteiger partial charge is 0.265 e. The fourth-order valence-corrected chi connectivity index (χ4v) is 5.79. The van der Waals surface area contributed by atoms with Gasteiger partial charge in [-0.2, -0.15) is 0 Å². The minimum atomic E-state index is -3.53. The van der Waals surface area contributed by atoms with Crippen molar-refractivity contribution in [2.45, 2.75) is 9.79 Å². The topological polar surface area (TPSA) is 37.4 Å². The maximum atomic E-state index is 12.9. The first-order valence-electron chi connectivity index (χ1n) is 6.10. The molecule has 20 heavy (non-hydrogen) atoms. The van der Waals surface area contributed by atoms with Crippen molar-refractivity contribution in [2.75, 3.05) is 16.6 Å². The number of para-hydroxylation sites is 1. The fourth-order valence-electron chi connectivity index (χ4n) is 2.17. The van der Waals surface area contributed by atoms with E-state index in [-0.39, 0.29) is 0 Å². The molecule has 0 spiro atoms. The van der Waals surface area contributed by atoms with Crippen molar-refractivity contribution in [1.29, 1.82) is 0 Å². The smallest absolute Gasteiger partial charge is 0.264 e. The van der Waals surface area contributed by atoms with Crippen molar-refractivity contribution in [3.63, 3.8) is 0 Å². The second-order valence-electron chi connectivity index (χ2n) is 4.32. The van der Waals surface area contributed by atoms with Crippen LogP contribution >= 0.6 is 27.7 Å². The maximum Gasteiger partial charge on any atom is 0.265 e. The van der Waals surface area contributed by atoms with E-state index in [4.69, 9.17) is 0 Å². The van der Waals surface area contributed by atoms with E-state index >= 15 is 0 Å². The molecule has 104 valence electrons. The number of fused-ring (bicyclic) bond motifs is 1. The first-order valence-corrected chi connectivity index (χ1v) is 9.32. The fraction of sp³-hybridized carbons (Fsp3) is 0.143. The second-order valence-corrected chi connectivity index (χ2v) is 8.15. The number of halogens is 1. The van der Waals surface area contributed by atoms with Gasteiger partial charge in [-0.05, 0) is 40.2 Å². The summed E-state index contributed by atoms with van der Waals surface area (Å²) in [5.41, 5.74) is 0.763. The lowest BCUT2D eigenvalue weighted by atomic mass is 10.3. The summed E-state index contributed by atoms with van der Waals surface area (Å²) >= 11 is 5.02. The normalized spacial score (nSPS) is 14.9. The molecule has 0 radical (unpaired) electrons. The standard InChI is InChI=1S/C14H12BrNO2S2/c15-11-5-1-4-8-14(11)20(17,18)16-9-10-19-13-7-3-2-6-12(13)16/h1-8H,9-10H2. The lowest BCUT2D eigenvalue weighted by molar-refractivity contribution is 0.591. The van der Waals surface area contributed by atoms with E-state index in [0.717, 1.165) is 16.3 Å². The molecule has 0 aromatic heterocycles. The third kappa shape index (κ3) is 2.36. The Balaban J connectivity index is 2.13. The lowest BCUT2D eigenvalue weighted by Crippen LogP contribution is -2.35. The molecule has 0 N–H and O–H groups in total. The number of nitrogens with zero attached hydrogens (tertiary/aromatic N) is 1. The Kier molecular flexibility index (Phi) is 3.79. The zero-order chi connectivity index (χ0) is 14.2. The summed E-state index contributed by atoms with van der Waals surface area (Å²) in [6, 6.07) is 14.5. The monoisotopic (exact) mass is 369 g/mol. The van der Waals surface area contributed by atoms with Gasteiger partial charge in [0, 0.05) is 21.7 Å². The lowest BCUT2D eigenvalue weighted by Gasteiger charge is -2.30. The van der Waals surface area contributed by atoms with Crippen molar-refractivity contribution in [2.24, 2.45) is 0 Å². The Hall–Kier alpha value is -0.980. The SMILES string of the molecule is O=S(=O)(c1ccccc1Br)N1CCSc2ccccc21. The number of sulfonamides is 1. The molecule has 0 saturated carbocycles. The molecule has 0 saturated heterocycles. The van der Waals surface area contributed by atoms with Gasteiger partial charge >= 0.3 is 0 Å². The molecule has 3 rings (SSSR count). The highest BCUT2D eigenvalue weighted by atomic mass is 79.9. The molecule has 0 bridgehead atoms. The first-order chi connectivity index (χ1) is 9.60. The number of rotatable bonds is 2. The Labute approximate surface area is 131 Å². The van der Waals surface area contributed by atoms with E-state index in [2.05, 4.69) is 15.9 Å². The summed E-state index contributed by atoms with van der Waals surface area (Å²) in [6.45, 7) is 0.491. The van der Waals surface area contributed by atoms with Crippen LogP contribution in [-0.2, 0) is 10.0 Å². The predicted molar refractivity (Wildman–Crippen MR) is 85.8 cm³/mol. The van der Waals surface area contributed by atoms with Crippen LogP contribution in [0.1, 0.15) is 0 Å². The summed E-state index contributed by atoms with van der Waals surface area (Å²) in [5, 5.41) is 0. The van der Waals surface area contributed by atoms with Gasteiger partial charge in [-0.1, -0.05) is 24.3 Å². The van der Waals surface area contributed by atoms with E-state index < -0.39 is 10.0 Å². The van der Waals surface area contributed by atoms with Crippen LogP contribution in [0, 0.1) is 0 Å². The Morgan fingerprint density at radius 1 is 1.05 bits per heavy atom. The Morgan fingerprint density at radius 3 is 2.55 bits per heavy atom. The first kappa shape index (κ1) is 14.0. The Bertz CT molecular complexity index is 746. The molecule has 6 heteroatoms. The highest BCUT2D eigenvalue weighted by molar-refractivity contribution is 9.10. The molecule has 1 aliphatic heterocycles. The van der Waals surface area contributed by atoms with E-state index in [1.54, 1.807) is 30.0 Å². The average molecular weight is 370 g/mol. The quantitative estimate of drug-likeness (QED) is 0.808. The molecule has 2 aromatic carbocycles. The molecule has 3 nitrogen and oxygen atoms in total. The summed E-state index contributed by atoms with van der Waals surface area (Å²) in [6.07, 6.45) is 0. The van der Waals surface area contributed by atoms with Gasteiger partial charge in [0.25, 0.3) is 10.0 Å². The van der Waals surface area contributed by atoms with E-state index in [9.17, 15) is 8.42 Å². The van der Waals surface area contributed by atoms with Gasteiger partial charge in [-0.3, -0.25) is 4.31 Å². The summed E-state index contributed by atoms with van der Waals surface area (Å²) in [4.78, 5) is 1.32. The molecule has 2 aromatic rings. The van der Waals surface area contributed by atoms with Gasteiger partial charge in [-0.15, -0.1) is 11.8 Å². The number of benzene rings is 2. The van der Waals surface area contributed by atoms with Crippen molar-refractivity contribution < 1.29 is 8.42 Å². The van der Waals surface area contributed by atoms with Crippen LogP contribution in [0.4, 0.5) is 5.69 Å². The zero-order valence-electron chi connectivity index (χ0n) is 10.5. The average Bonchev–Trinajstić information content (AvgIpc) is 2.47. The van der Waals surface area contributed by atoms with Crippen LogP contribution < -0.4 is 4.31 Å². The minimum Gasteiger partial charge on any atom is -0.264 e. The van der Waals surface area contributed by atoms with E-state index in [0.29, 0.717) is 15.9 Å². The third-order valence-electron chi connectivity index (χ3n) is 3.09. The van der Waals surface area contributed by atoms with Crippen LogP contribution in [0.25, 0.3) is 0 Å². The van der Waals surface area contributed by atoms with Crippen LogP contribution in [-0.4, -0.2) is 20.7 Å². The van der Waals surface area contributed by atoms with Crippen LogP contribution in [0.3, 0.4) is 0 Å². The molecule has 0 unspecified atom stereocenters. The van der Waals surface area contributed by atoms with Gasteiger partial charge in [0.05, 0.1) is 5.69 Å². The molecule has 1 heterocycles. The van der Waals surface area contributed by atoms with Gasteiger partial charge < -0.3 is 0 Å². The van der Waals surface area contributed by atoms with E-state index in [1.807, 2.05) is 30.3 Å². The minimum absolute atomic E-state index is 0.307. The van der Waals surface area contributed by atoms with Gasteiger partial charge in [0.2, 0.25) is 0 Å². The maximum absolute atomic E-state index is 12.9. The molecule has 0 amide bonds. The zero-order valence-corrected chi connectivity index (χ0v) is 13.7. The Morgan fingerprint density at radius 2 is 1.75 bits per heavy atom. The predicted octanol–water partition coefficient (Wildman–Crippen LogP) is 3.75. The number of hydrogen-bond donors (Lipinski definition) is 0. The van der Waals surface area contributed by atoms with Gasteiger partial charge in [0.1, 0.15) is 4.90 Å². The highest BCUT2D eigenvalue weighted by Gasteiger charge is 2.30. The molecule has 1 aliphatic rings. The van der Waals surface area contributed by atoms with Crippen molar-refractivity contribution in [3.8, 4) is 0 Å². The summed E-state index contributed by atoms with van der Waals surface area (Å²) < 4.78 is 27.8. The van der Waals surface area contributed by atoms with Crippen LogP contribution in [0.2, 0.25) is 0 Å². The summed E-state index contributed by atoms with van der Waals surface area (Å²) in [5.74, 6) is 0.765. The third-order valence-corrected chi connectivity index (χ3v) is 6.96. The highest BCUT2D eigenvalue weighted by Crippen LogP contribution is 2.38. The van der Waals surface area contributed by atoms with Crippen molar-refractivity contribution in [1.82, 2.24) is 0 Å². The van der Waals surface area contributed by atoms with Crippen LogP contribution in [0.5, 0.6) is 0 Å². The molecule has 0 atom stereocenters. The van der Waals surface area contributed by atoms with Gasteiger partial charge in [-0.25, -0.2) is 8.42 Å². The number of anilines is 1. The van der Waals surface area contributed by atoms with E-state index in [1.165, 1.54) is 4.31 Å². The number of hydrogen-bond acceptors (Lipinski definition) is 3. The van der Waals surface area contributed by atoms with Crippen molar-refractivity contribution in [3.05, 3.63) is 53.0 Å². The van der Waals surface area contributed by atoms with Crippen molar-refractivity contribution >= 4 is 43.4 Å². The molecular weight excluding hydrogens is 358 g/mol. The molecular formula is C14H12BrNO2S2. The molecule has 0 fully saturated rings. The number of thioether (sulfide) groups is 1. The second kappa shape index (κ2) is 5.42. The van der Waals surface area contributed by atoms with Gasteiger partial charge in [0.15, 0.2) is 0 Å².